The molecular formula is C14H20FNO3. The first-order chi connectivity index (χ1) is 9.02. The monoisotopic (exact) mass is 269 g/mol. The van der Waals surface area contributed by atoms with Gasteiger partial charge in [-0.25, -0.2) is 9.18 Å². The maximum absolute atomic E-state index is 13.2. The van der Waals surface area contributed by atoms with Crippen molar-refractivity contribution in [3.05, 3.63) is 29.6 Å². The van der Waals surface area contributed by atoms with E-state index in [0.29, 0.717) is 17.9 Å². The average Bonchev–Trinajstić information content (AvgIpc) is 2.34. The minimum Gasteiger partial charge on any atom is -0.482 e. The van der Waals surface area contributed by atoms with Crippen LogP contribution in [0.3, 0.4) is 0 Å². The lowest BCUT2D eigenvalue weighted by molar-refractivity contribution is -0.149. The van der Waals surface area contributed by atoms with E-state index in [2.05, 4.69) is 5.32 Å². The number of nitrogens with one attached hydrogen (secondary N) is 1. The lowest BCUT2D eigenvalue weighted by Gasteiger charge is -2.12. The van der Waals surface area contributed by atoms with Gasteiger partial charge >= 0.3 is 5.97 Å². The number of carbonyl (C=O) groups excluding carboxylic acids is 1. The summed E-state index contributed by atoms with van der Waals surface area (Å²) in [5.74, 6) is -0.276. The number of benzene rings is 1. The summed E-state index contributed by atoms with van der Waals surface area (Å²) in [6.07, 6.45) is -0.175. The van der Waals surface area contributed by atoms with E-state index in [4.69, 9.17) is 9.47 Å². The van der Waals surface area contributed by atoms with Crippen molar-refractivity contribution in [3.8, 4) is 5.75 Å². The minimum absolute atomic E-state index is 0.175. The van der Waals surface area contributed by atoms with Crippen LogP contribution in [0, 0.1) is 5.82 Å². The van der Waals surface area contributed by atoms with Gasteiger partial charge in [-0.3, -0.25) is 0 Å². The van der Waals surface area contributed by atoms with E-state index in [9.17, 15) is 9.18 Å². The van der Waals surface area contributed by atoms with Gasteiger partial charge in [0.05, 0.1) is 6.10 Å². The van der Waals surface area contributed by atoms with Gasteiger partial charge in [-0.15, -0.1) is 0 Å². The molecule has 0 radical (unpaired) electrons. The number of carbonyl (C=O) groups is 1. The Morgan fingerprint density at radius 3 is 2.79 bits per heavy atom. The molecular weight excluding hydrogens is 249 g/mol. The third kappa shape index (κ3) is 5.70. The van der Waals surface area contributed by atoms with Crippen LogP contribution in [0.15, 0.2) is 18.2 Å². The molecule has 5 heteroatoms. The zero-order valence-electron chi connectivity index (χ0n) is 11.5. The van der Waals surface area contributed by atoms with E-state index in [-0.39, 0.29) is 18.5 Å². The van der Waals surface area contributed by atoms with Gasteiger partial charge < -0.3 is 14.8 Å². The van der Waals surface area contributed by atoms with Crippen LogP contribution in [-0.4, -0.2) is 25.2 Å². The highest BCUT2D eigenvalue weighted by Crippen LogP contribution is 2.19. The Labute approximate surface area is 112 Å². The van der Waals surface area contributed by atoms with Crippen LogP contribution in [0.4, 0.5) is 4.39 Å². The highest BCUT2D eigenvalue weighted by molar-refractivity contribution is 5.71. The van der Waals surface area contributed by atoms with Crippen LogP contribution in [0.5, 0.6) is 5.75 Å². The van der Waals surface area contributed by atoms with Crippen LogP contribution in [0.1, 0.15) is 26.3 Å². The SMILES string of the molecule is CCNCc1cc(F)ccc1OCC(=O)OC(C)C. The fraction of sp³-hybridized carbons (Fsp3) is 0.500. The van der Waals surface area contributed by atoms with Crippen molar-refractivity contribution >= 4 is 5.97 Å². The van der Waals surface area contributed by atoms with Gasteiger partial charge in [-0.2, -0.15) is 0 Å². The molecule has 19 heavy (non-hydrogen) atoms. The lowest BCUT2D eigenvalue weighted by atomic mass is 10.2. The van der Waals surface area contributed by atoms with Crippen molar-refractivity contribution in [1.29, 1.82) is 0 Å². The third-order valence-corrected chi connectivity index (χ3v) is 2.30. The summed E-state index contributed by atoms with van der Waals surface area (Å²) in [5, 5.41) is 3.09. The van der Waals surface area contributed by atoms with E-state index >= 15 is 0 Å². The Balaban J connectivity index is 2.63. The predicted octanol–water partition coefficient (Wildman–Crippen LogP) is 2.27. The maximum atomic E-state index is 13.2. The number of hydrogen-bond donors (Lipinski definition) is 1. The van der Waals surface area contributed by atoms with E-state index < -0.39 is 5.97 Å². The molecule has 0 unspecified atom stereocenters. The van der Waals surface area contributed by atoms with Crippen molar-refractivity contribution in [1.82, 2.24) is 5.32 Å². The predicted molar refractivity (Wildman–Crippen MR) is 70.5 cm³/mol. The smallest absolute Gasteiger partial charge is 0.344 e. The van der Waals surface area contributed by atoms with Gasteiger partial charge in [0.2, 0.25) is 0 Å². The number of hydrogen-bond acceptors (Lipinski definition) is 4. The van der Waals surface area contributed by atoms with Crippen LogP contribution < -0.4 is 10.1 Å². The van der Waals surface area contributed by atoms with Crippen LogP contribution >= 0.6 is 0 Å². The van der Waals surface area contributed by atoms with Crippen molar-refractivity contribution in [3.63, 3.8) is 0 Å². The topological polar surface area (TPSA) is 47.6 Å². The molecule has 0 atom stereocenters. The van der Waals surface area contributed by atoms with Crippen molar-refractivity contribution in [2.24, 2.45) is 0 Å². The summed E-state index contributed by atoms with van der Waals surface area (Å²) >= 11 is 0. The third-order valence-electron chi connectivity index (χ3n) is 2.30. The molecule has 0 amide bonds. The average molecular weight is 269 g/mol. The largest absolute Gasteiger partial charge is 0.482 e. The molecule has 0 saturated carbocycles. The summed E-state index contributed by atoms with van der Waals surface area (Å²) in [5.41, 5.74) is 0.680. The van der Waals surface area contributed by atoms with Gasteiger partial charge in [0.15, 0.2) is 6.61 Å². The van der Waals surface area contributed by atoms with Gasteiger partial charge in [0.1, 0.15) is 11.6 Å². The molecule has 0 aliphatic carbocycles. The second-order valence-corrected chi connectivity index (χ2v) is 4.36. The molecule has 0 aromatic heterocycles. The molecule has 0 spiro atoms. The van der Waals surface area contributed by atoms with Gasteiger partial charge in [-0.1, -0.05) is 6.92 Å². The Bertz CT molecular complexity index is 421. The lowest BCUT2D eigenvalue weighted by Crippen LogP contribution is -2.20. The number of ether oxygens (including phenoxy) is 2. The van der Waals surface area contributed by atoms with Gasteiger partial charge in [-0.05, 0) is 38.6 Å². The van der Waals surface area contributed by atoms with E-state index in [1.54, 1.807) is 13.8 Å². The summed E-state index contributed by atoms with van der Waals surface area (Å²) in [4.78, 5) is 11.4. The molecule has 4 nitrogen and oxygen atoms in total. The highest BCUT2D eigenvalue weighted by Gasteiger charge is 2.10. The second kappa shape index (κ2) is 7.74. The highest BCUT2D eigenvalue weighted by atomic mass is 19.1. The first-order valence-corrected chi connectivity index (χ1v) is 6.34. The van der Waals surface area contributed by atoms with E-state index in [1.165, 1.54) is 18.2 Å². The van der Waals surface area contributed by atoms with Crippen LogP contribution in [0.2, 0.25) is 0 Å². The first kappa shape index (κ1) is 15.4. The molecule has 0 heterocycles. The van der Waals surface area contributed by atoms with Gasteiger partial charge in [0, 0.05) is 12.1 Å². The number of rotatable bonds is 7. The molecule has 1 aromatic carbocycles. The Kier molecular flexibility index (Phi) is 6.29. The molecule has 0 saturated heterocycles. The molecule has 0 aliphatic rings. The maximum Gasteiger partial charge on any atom is 0.344 e. The van der Waals surface area contributed by atoms with Crippen molar-refractivity contribution in [2.45, 2.75) is 33.4 Å². The standard InChI is InChI=1S/C14H20FNO3/c1-4-16-8-11-7-12(15)5-6-13(11)18-9-14(17)19-10(2)3/h5-7,10,16H,4,8-9H2,1-3H3. The normalized spacial score (nSPS) is 10.6. The Morgan fingerprint density at radius 2 is 2.16 bits per heavy atom. The quantitative estimate of drug-likeness (QED) is 0.771. The summed E-state index contributed by atoms with van der Waals surface area (Å²) in [7, 11) is 0. The van der Waals surface area contributed by atoms with Crippen LogP contribution in [-0.2, 0) is 16.1 Å². The Hall–Kier alpha value is -1.62. The second-order valence-electron chi connectivity index (χ2n) is 4.36. The fourth-order valence-corrected chi connectivity index (χ4v) is 1.52. The molecule has 0 aliphatic heterocycles. The molecule has 0 bridgehead atoms. The summed E-state index contributed by atoms with van der Waals surface area (Å²) < 4.78 is 23.5. The summed E-state index contributed by atoms with van der Waals surface area (Å²) in [6, 6.07) is 4.22. The zero-order chi connectivity index (χ0) is 14.3. The number of esters is 1. The van der Waals surface area contributed by atoms with E-state index in [0.717, 1.165) is 6.54 Å². The molecule has 1 aromatic rings. The molecule has 1 rings (SSSR count). The fourth-order valence-electron chi connectivity index (χ4n) is 1.52. The first-order valence-electron chi connectivity index (χ1n) is 6.34. The van der Waals surface area contributed by atoms with Crippen molar-refractivity contribution < 1.29 is 18.7 Å². The summed E-state index contributed by atoms with van der Waals surface area (Å²) in [6.45, 7) is 6.58. The Morgan fingerprint density at radius 1 is 1.42 bits per heavy atom. The van der Waals surface area contributed by atoms with Gasteiger partial charge in [0.25, 0.3) is 0 Å². The molecule has 0 fully saturated rings. The number of halogens is 1. The molecule has 1 N–H and O–H groups in total. The van der Waals surface area contributed by atoms with Crippen molar-refractivity contribution in [2.75, 3.05) is 13.2 Å². The zero-order valence-corrected chi connectivity index (χ0v) is 11.5. The van der Waals surface area contributed by atoms with Crippen LogP contribution in [0.25, 0.3) is 0 Å². The van der Waals surface area contributed by atoms with E-state index in [1.807, 2.05) is 6.92 Å². The minimum atomic E-state index is -0.436. The molecule has 106 valence electrons.